The van der Waals surface area contributed by atoms with E-state index in [1.807, 2.05) is 6.92 Å². The second-order valence-corrected chi connectivity index (χ2v) is 3.12. The Balaban J connectivity index is 2.38. The standard InChI is InChI=1S/C10H8N4O2/c1-6-2-3-11-8(14-6)7-4-12-9(10(15)16)13-5-7/h2-5H,1H3,(H,15,16). The van der Waals surface area contributed by atoms with E-state index in [9.17, 15) is 4.79 Å². The van der Waals surface area contributed by atoms with Gasteiger partial charge in [0.05, 0.1) is 5.56 Å². The third kappa shape index (κ3) is 2.00. The molecule has 6 nitrogen and oxygen atoms in total. The first-order valence-electron chi connectivity index (χ1n) is 4.52. The fraction of sp³-hybridized carbons (Fsp3) is 0.100. The van der Waals surface area contributed by atoms with Crippen molar-refractivity contribution in [3.05, 3.63) is 36.2 Å². The summed E-state index contributed by atoms with van der Waals surface area (Å²) in [5.74, 6) is -0.912. The zero-order chi connectivity index (χ0) is 11.5. The lowest BCUT2D eigenvalue weighted by atomic mass is 10.3. The van der Waals surface area contributed by atoms with E-state index in [1.54, 1.807) is 12.3 Å². The number of carbonyl (C=O) groups is 1. The molecule has 0 aromatic carbocycles. The summed E-state index contributed by atoms with van der Waals surface area (Å²) >= 11 is 0. The van der Waals surface area contributed by atoms with Gasteiger partial charge < -0.3 is 5.11 Å². The van der Waals surface area contributed by atoms with Crippen LogP contribution in [0.2, 0.25) is 0 Å². The van der Waals surface area contributed by atoms with Gasteiger partial charge in [0.25, 0.3) is 0 Å². The van der Waals surface area contributed by atoms with Gasteiger partial charge in [0, 0.05) is 24.3 Å². The smallest absolute Gasteiger partial charge is 0.373 e. The molecule has 0 aliphatic carbocycles. The maximum absolute atomic E-state index is 10.5. The van der Waals surface area contributed by atoms with Crippen LogP contribution in [0, 0.1) is 6.92 Å². The Morgan fingerprint density at radius 3 is 2.50 bits per heavy atom. The third-order valence-electron chi connectivity index (χ3n) is 1.90. The molecule has 0 spiro atoms. The lowest BCUT2D eigenvalue weighted by molar-refractivity contribution is 0.0683. The molecule has 0 saturated carbocycles. The molecule has 0 amide bonds. The molecule has 0 saturated heterocycles. The van der Waals surface area contributed by atoms with Gasteiger partial charge in [0.15, 0.2) is 5.82 Å². The second-order valence-electron chi connectivity index (χ2n) is 3.12. The van der Waals surface area contributed by atoms with Crippen molar-refractivity contribution in [1.29, 1.82) is 0 Å². The first-order chi connectivity index (χ1) is 7.66. The zero-order valence-electron chi connectivity index (χ0n) is 8.45. The van der Waals surface area contributed by atoms with Crippen LogP contribution in [-0.4, -0.2) is 31.0 Å². The van der Waals surface area contributed by atoms with Gasteiger partial charge in [-0.3, -0.25) is 0 Å². The molecule has 0 aliphatic heterocycles. The van der Waals surface area contributed by atoms with Crippen molar-refractivity contribution >= 4 is 5.97 Å². The van der Waals surface area contributed by atoms with E-state index in [0.29, 0.717) is 11.4 Å². The number of hydrogen-bond donors (Lipinski definition) is 1. The number of rotatable bonds is 2. The van der Waals surface area contributed by atoms with E-state index < -0.39 is 5.97 Å². The first-order valence-corrected chi connectivity index (χ1v) is 4.52. The Hall–Kier alpha value is -2.37. The number of carboxylic acids is 1. The Kier molecular flexibility index (Phi) is 2.55. The van der Waals surface area contributed by atoms with E-state index in [4.69, 9.17) is 5.11 Å². The van der Waals surface area contributed by atoms with Crippen molar-refractivity contribution < 1.29 is 9.90 Å². The van der Waals surface area contributed by atoms with Crippen LogP contribution in [-0.2, 0) is 0 Å². The molecule has 0 radical (unpaired) electrons. The van der Waals surface area contributed by atoms with Crippen molar-refractivity contribution in [3.63, 3.8) is 0 Å². The van der Waals surface area contributed by atoms with Crippen LogP contribution in [0.4, 0.5) is 0 Å². The van der Waals surface area contributed by atoms with E-state index in [-0.39, 0.29) is 5.82 Å². The summed E-state index contributed by atoms with van der Waals surface area (Å²) in [6.45, 7) is 1.84. The maximum Gasteiger partial charge on any atom is 0.373 e. The molecule has 1 N–H and O–H groups in total. The predicted octanol–water partition coefficient (Wildman–Crippen LogP) is 0.940. The highest BCUT2D eigenvalue weighted by Crippen LogP contribution is 2.11. The Morgan fingerprint density at radius 1 is 1.25 bits per heavy atom. The molecular weight excluding hydrogens is 208 g/mol. The highest BCUT2D eigenvalue weighted by Gasteiger charge is 2.07. The summed E-state index contributed by atoms with van der Waals surface area (Å²) in [5, 5.41) is 8.63. The third-order valence-corrected chi connectivity index (χ3v) is 1.90. The minimum atomic E-state index is -1.16. The molecule has 2 heterocycles. The predicted molar refractivity (Wildman–Crippen MR) is 54.8 cm³/mol. The molecule has 0 aliphatic rings. The van der Waals surface area contributed by atoms with Crippen LogP contribution in [0.1, 0.15) is 16.3 Å². The minimum absolute atomic E-state index is 0.239. The van der Waals surface area contributed by atoms with Crippen molar-refractivity contribution in [3.8, 4) is 11.4 Å². The maximum atomic E-state index is 10.5. The summed E-state index contributed by atoms with van der Waals surface area (Å²) in [6.07, 6.45) is 4.42. The van der Waals surface area contributed by atoms with E-state index in [2.05, 4.69) is 19.9 Å². The summed E-state index contributed by atoms with van der Waals surface area (Å²) in [4.78, 5) is 26.2. The molecule has 0 unspecified atom stereocenters. The fourth-order valence-corrected chi connectivity index (χ4v) is 1.14. The molecule has 2 aromatic rings. The second kappa shape index (κ2) is 4.01. The summed E-state index contributed by atoms with van der Waals surface area (Å²) in [7, 11) is 0. The van der Waals surface area contributed by atoms with Crippen molar-refractivity contribution in [2.75, 3.05) is 0 Å². The number of aromatic carboxylic acids is 1. The normalized spacial score (nSPS) is 10.1. The Bertz CT molecular complexity index is 525. The highest BCUT2D eigenvalue weighted by atomic mass is 16.4. The van der Waals surface area contributed by atoms with Crippen molar-refractivity contribution in [1.82, 2.24) is 19.9 Å². The van der Waals surface area contributed by atoms with Crippen molar-refractivity contribution in [2.45, 2.75) is 6.92 Å². The number of hydrogen-bond acceptors (Lipinski definition) is 5. The van der Waals surface area contributed by atoms with Crippen LogP contribution in [0.15, 0.2) is 24.7 Å². The molecular formula is C10H8N4O2. The zero-order valence-corrected chi connectivity index (χ0v) is 8.45. The summed E-state index contributed by atoms with van der Waals surface area (Å²) in [6, 6.07) is 1.77. The van der Waals surface area contributed by atoms with Gasteiger partial charge in [-0.05, 0) is 13.0 Å². The molecule has 2 aromatic heterocycles. The molecule has 16 heavy (non-hydrogen) atoms. The van der Waals surface area contributed by atoms with Gasteiger partial charge in [-0.2, -0.15) is 0 Å². The van der Waals surface area contributed by atoms with Crippen molar-refractivity contribution in [2.24, 2.45) is 0 Å². The topological polar surface area (TPSA) is 88.9 Å². The minimum Gasteiger partial charge on any atom is -0.475 e. The van der Waals surface area contributed by atoms with E-state index in [0.717, 1.165) is 5.69 Å². The Labute approximate surface area is 91.1 Å². The summed E-state index contributed by atoms with van der Waals surface area (Å²) in [5.41, 5.74) is 1.42. The monoisotopic (exact) mass is 216 g/mol. The van der Waals surface area contributed by atoms with Gasteiger partial charge >= 0.3 is 5.97 Å². The largest absolute Gasteiger partial charge is 0.475 e. The van der Waals surface area contributed by atoms with Gasteiger partial charge in [-0.1, -0.05) is 0 Å². The SMILES string of the molecule is Cc1ccnc(-c2cnc(C(=O)O)nc2)n1. The average molecular weight is 216 g/mol. The molecule has 2 rings (SSSR count). The quantitative estimate of drug-likeness (QED) is 0.803. The first kappa shape index (κ1) is 10.2. The average Bonchev–Trinajstić information content (AvgIpc) is 2.29. The lowest BCUT2D eigenvalue weighted by Crippen LogP contribution is -2.03. The summed E-state index contributed by atoms with van der Waals surface area (Å²) < 4.78 is 0. The Morgan fingerprint density at radius 2 is 1.94 bits per heavy atom. The number of nitrogens with zero attached hydrogens (tertiary/aromatic N) is 4. The molecule has 0 fully saturated rings. The highest BCUT2D eigenvalue weighted by molar-refractivity contribution is 5.83. The van der Waals surface area contributed by atoms with Crippen LogP contribution >= 0.6 is 0 Å². The van der Waals surface area contributed by atoms with Crippen LogP contribution in [0.5, 0.6) is 0 Å². The van der Waals surface area contributed by atoms with Gasteiger partial charge in [0.1, 0.15) is 0 Å². The van der Waals surface area contributed by atoms with Crippen LogP contribution in [0.3, 0.4) is 0 Å². The lowest BCUT2D eigenvalue weighted by Gasteiger charge is -1.99. The van der Waals surface area contributed by atoms with Crippen LogP contribution in [0.25, 0.3) is 11.4 Å². The molecule has 80 valence electrons. The molecule has 0 atom stereocenters. The number of carboxylic acid groups (broad SMARTS) is 1. The van der Waals surface area contributed by atoms with Gasteiger partial charge in [-0.15, -0.1) is 0 Å². The molecule has 0 bridgehead atoms. The molecule has 6 heteroatoms. The number of aryl methyl sites for hydroxylation is 1. The number of aromatic nitrogens is 4. The van der Waals surface area contributed by atoms with E-state index >= 15 is 0 Å². The van der Waals surface area contributed by atoms with Gasteiger partial charge in [-0.25, -0.2) is 24.7 Å². The van der Waals surface area contributed by atoms with Crippen LogP contribution < -0.4 is 0 Å². The van der Waals surface area contributed by atoms with E-state index in [1.165, 1.54) is 12.4 Å². The van der Waals surface area contributed by atoms with Gasteiger partial charge in [0.2, 0.25) is 5.82 Å². The fourth-order valence-electron chi connectivity index (χ4n) is 1.14.